The average Bonchev–Trinajstić information content (AvgIpc) is 3.31. The van der Waals surface area contributed by atoms with Crippen LogP contribution in [0.2, 0.25) is 5.02 Å². The number of anilines is 2. The van der Waals surface area contributed by atoms with Gasteiger partial charge in [0.15, 0.2) is 17.3 Å². The molecule has 0 aliphatic carbocycles. The standard InChI is InChI=1S/C26H23ClN6O3/c1-15-22(25(34)30-21-10-6-7-13-28-21)23(16-11-12-19(35-2)20(14-16)36-3)33-26(29-15)31-24(32-33)17-8-4-5-9-18(17)27/h4-14,23H,1-3H3,(H,28,30,34)(H,29,31,32). The van der Waals surface area contributed by atoms with Crippen molar-refractivity contribution in [2.24, 2.45) is 0 Å². The van der Waals surface area contributed by atoms with Crippen molar-refractivity contribution in [1.29, 1.82) is 0 Å². The highest BCUT2D eigenvalue weighted by atomic mass is 35.5. The van der Waals surface area contributed by atoms with Crippen molar-refractivity contribution in [2.75, 3.05) is 24.9 Å². The SMILES string of the molecule is COc1ccc(C2C(C(=O)Nc3ccccn3)=C(C)Nc3nc(-c4ccccc4Cl)nn32)cc1OC. The summed E-state index contributed by atoms with van der Waals surface area (Å²) in [5, 5.41) is 11.4. The lowest BCUT2D eigenvalue weighted by molar-refractivity contribution is -0.113. The second-order valence-electron chi connectivity index (χ2n) is 8.03. The highest BCUT2D eigenvalue weighted by Gasteiger charge is 2.35. The van der Waals surface area contributed by atoms with Crippen LogP contribution in [0.1, 0.15) is 18.5 Å². The number of hydrogen-bond donors (Lipinski definition) is 2. The summed E-state index contributed by atoms with van der Waals surface area (Å²) in [7, 11) is 3.14. The van der Waals surface area contributed by atoms with E-state index >= 15 is 0 Å². The molecule has 1 atom stereocenters. The first-order valence-corrected chi connectivity index (χ1v) is 11.5. The van der Waals surface area contributed by atoms with E-state index in [0.717, 1.165) is 5.56 Å². The fourth-order valence-electron chi connectivity index (χ4n) is 4.15. The fraction of sp³-hybridized carbons (Fsp3) is 0.154. The van der Waals surface area contributed by atoms with E-state index in [4.69, 9.17) is 26.2 Å². The van der Waals surface area contributed by atoms with Crippen LogP contribution in [-0.4, -0.2) is 39.9 Å². The Morgan fingerprint density at radius 3 is 2.56 bits per heavy atom. The molecule has 1 aliphatic rings. The Balaban J connectivity index is 1.65. The number of aromatic nitrogens is 4. The summed E-state index contributed by atoms with van der Waals surface area (Å²) in [6, 6.07) is 17.6. The maximum absolute atomic E-state index is 13.6. The van der Waals surface area contributed by atoms with Gasteiger partial charge in [-0.15, -0.1) is 5.10 Å². The van der Waals surface area contributed by atoms with Crippen LogP contribution >= 0.6 is 11.6 Å². The van der Waals surface area contributed by atoms with Crippen molar-refractivity contribution in [3.8, 4) is 22.9 Å². The van der Waals surface area contributed by atoms with Gasteiger partial charge in [0.2, 0.25) is 5.95 Å². The number of allylic oxidation sites excluding steroid dienone is 1. The van der Waals surface area contributed by atoms with Gasteiger partial charge in [0.25, 0.3) is 5.91 Å². The van der Waals surface area contributed by atoms with E-state index in [9.17, 15) is 4.79 Å². The summed E-state index contributed by atoms with van der Waals surface area (Å²) in [5.74, 6) is 2.15. The molecule has 10 heteroatoms. The minimum Gasteiger partial charge on any atom is -0.493 e. The Morgan fingerprint density at radius 1 is 1.06 bits per heavy atom. The van der Waals surface area contributed by atoms with E-state index in [0.29, 0.717) is 50.9 Å². The van der Waals surface area contributed by atoms with Crippen LogP contribution in [0, 0.1) is 0 Å². The molecule has 1 aliphatic heterocycles. The number of methoxy groups -OCH3 is 2. The Bertz CT molecular complexity index is 1470. The van der Waals surface area contributed by atoms with E-state index < -0.39 is 6.04 Å². The number of carbonyl (C=O) groups excluding carboxylic acids is 1. The largest absolute Gasteiger partial charge is 0.493 e. The molecule has 0 fully saturated rings. The predicted octanol–water partition coefficient (Wildman–Crippen LogP) is 4.94. The number of ether oxygens (including phenoxy) is 2. The molecule has 1 amide bonds. The minimum absolute atomic E-state index is 0.320. The van der Waals surface area contributed by atoms with Crippen LogP contribution in [0.4, 0.5) is 11.8 Å². The second-order valence-corrected chi connectivity index (χ2v) is 8.44. The molecule has 2 aromatic heterocycles. The number of carbonyl (C=O) groups is 1. The molecule has 0 spiro atoms. The van der Waals surface area contributed by atoms with Crippen molar-refractivity contribution in [2.45, 2.75) is 13.0 Å². The van der Waals surface area contributed by atoms with Crippen molar-refractivity contribution in [1.82, 2.24) is 19.7 Å². The number of nitrogens with one attached hydrogen (secondary N) is 2. The van der Waals surface area contributed by atoms with E-state index in [1.807, 2.05) is 37.3 Å². The third kappa shape index (κ3) is 4.25. The van der Waals surface area contributed by atoms with Gasteiger partial charge in [0.05, 0.1) is 24.8 Å². The molecule has 4 aromatic rings. The summed E-state index contributed by atoms with van der Waals surface area (Å²) in [6.07, 6.45) is 1.62. The zero-order valence-electron chi connectivity index (χ0n) is 19.8. The minimum atomic E-state index is -0.617. The van der Waals surface area contributed by atoms with E-state index in [1.165, 1.54) is 0 Å². The molecular weight excluding hydrogens is 480 g/mol. The first-order valence-electron chi connectivity index (χ1n) is 11.1. The average molecular weight is 503 g/mol. The summed E-state index contributed by atoms with van der Waals surface area (Å²) in [4.78, 5) is 22.5. The number of nitrogens with zero attached hydrogens (tertiary/aromatic N) is 4. The van der Waals surface area contributed by atoms with E-state index in [-0.39, 0.29) is 5.91 Å². The van der Waals surface area contributed by atoms with Crippen molar-refractivity contribution in [3.63, 3.8) is 0 Å². The quantitative estimate of drug-likeness (QED) is 0.385. The Hall–Kier alpha value is -4.37. The van der Waals surface area contributed by atoms with Gasteiger partial charge in [0, 0.05) is 17.5 Å². The molecule has 0 saturated heterocycles. The van der Waals surface area contributed by atoms with Crippen LogP contribution < -0.4 is 20.1 Å². The third-order valence-corrected chi connectivity index (χ3v) is 6.17. The molecule has 36 heavy (non-hydrogen) atoms. The molecule has 0 saturated carbocycles. The van der Waals surface area contributed by atoms with Crippen molar-refractivity contribution >= 4 is 29.3 Å². The molecule has 3 heterocycles. The number of halogens is 1. The number of fused-ring (bicyclic) bond motifs is 1. The third-order valence-electron chi connectivity index (χ3n) is 5.84. The number of amides is 1. The smallest absolute Gasteiger partial charge is 0.257 e. The normalized spacial score (nSPS) is 14.6. The molecule has 0 radical (unpaired) electrons. The van der Waals surface area contributed by atoms with Gasteiger partial charge in [-0.3, -0.25) is 4.79 Å². The first-order chi connectivity index (χ1) is 17.5. The highest BCUT2D eigenvalue weighted by Crippen LogP contribution is 2.40. The lowest BCUT2D eigenvalue weighted by Gasteiger charge is -2.29. The van der Waals surface area contributed by atoms with Gasteiger partial charge in [-0.05, 0) is 48.9 Å². The number of hydrogen-bond acceptors (Lipinski definition) is 7. The lowest BCUT2D eigenvalue weighted by Crippen LogP contribution is -2.31. The zero-order valence-corrected chi connectivity index (χ0v) is 20.6. The molecule has 1 unspecified atom stereocenters. The van der Waals surface area contributed by atoms with Gasteiger partial charge in [-0.25, -0.2) is 9.67 Å². The molecule has 182 valence electrons. The number of rotatable bonds is 6. The van der Waals surface area contributed by atoms with Gasteiger partial charge in [-0.2, -0.15) is 4.98 Å². The maximum atomic E-state index is 13.6. The maximum Gasteiger partial charge on any atom is 0.257 e. The highest BCUT2D eigenvalue weighted by molar-refractivity contribution is 6.33. The van der Waals surface area contributed by atoms with Crippen molar-refractivity contribution < 1.29 is 14.3 Å². The van der Waals surface area contributed by atoms with Gasteiger partial charge < -0.3 is 20.1 Å². The molecule has 0 bridgehead atoms. The second kappa shape index (κ2) is 9.71. The predicted molar refractivity (Wildman–Crippen MR) is 137 cm³/mol. The topological polar surface area (TPSA) is 103 Å². The molecule has 9 nitrogen and oxygen atoms in total. The van der Waals surface area contributed by atoms with Crippen LogP contribution in [0.15, 0.2) is 78.1 Å². The van der Waals surface area contributed by atoms with Crippen LogP contribution in [0.25, 0.3) is 11.4 Å². The van der Waals surface area contributed by atoms with E-state index in [1.54, 1.807) is 55.4 Å². The van der Waals surface area contributed by atoms with Crippen molar-refractivity contribution in [3.05, 3.63) is 88.7 Å². The summed E-state index contributed by atoms with van der Waals surface area (Å²) < 4.78 is 12.6. The molecule has 2 aromatic carbocycles. The first kappa shape index (κ1) is 23.4. The Morgan fingerprint density at radius 2 is 1.83 bits per heavy atom. The van der Waals surface area contributed by atoms with Crippen LogP contribution in [0.3, 0.4) is 0 Å². The number of pyridine rings is 1. The Labute approximate surface area is 212 Å². The Kier molecular flexibility index (Phi) is 6.30. The fourth-order valence-corrected chi connectivity index (χ4v) is 4.37. The van der Waals surface area contributed by atoms with Crippen LogP contribution in [-0.2, 0) is 4.79 Å². The van der Waals surface area contributed by atoms with Gasteiger partial charge in [0.1, 0.15) is 11.9 Å². The molecular formula is C26H23ClN6O3. The van der Waals surface area contributed by atoms with E-state index in [2.05, 4.69) is 20.6 Å². The molecule has 5 rings (SSSR count). The summed E-state index contributed by atoms with van der Waals surface area (Å²) in [5.41, 5.74) is 2.53. The summed E-state index contributed by atoms with van der Waals surface area (Å²) >= 11 is 6.43. The monoisotopic (exact) mass is 502 g/mol. The van der Waals surface area contributed by atoms with Gasteiger partial charge in [-0.1, -0.05) is 35.9 Å². The van der Waals surface area contributed by atoms with Crippen LogP contribution in [0.5, 0.6) is 11.5 Å². The lowest BCUT2D eigenvalue weighted by atomic mass is 9.94. The number of benzene rings is 2. The zero-order chi connectivity index (χ0) is 25.2. The molecule has 2 N–H and O–H groups in total. The van der Waals surface area contributed by atoms with Gasteiger partial charge >= 0.3 is 0 Å². The summed E-state index contributed by atoms with van der Waals surface area (Å²) in [6.45, 7) is 1.83.